The molecular weight excluding hydrogens is 251 g/mol. The Bertz CT molecular complexity index is 260. The van der Waals surface area contributed by atoms with Crippen LogP contribution >= 0.6 is 0 Å². The van der Waals surface area contributed by atoms with Crippen LogP contribution in [0.15, 0.2) is 0 Å². The fourth-order valence-electron chi connectivity index (χ4n) is 5.59. The Balaban J connectivity index is 1.68. The van der Waals surface area contributed by atoms with Gasteiger partial charge in [-0.2, -0.15) is 0 Å². The van der Waals surface area contributed by atoms with Crippen molar-refractivity contribution in [3.8, 4) is 0 Å². The monoisotopic (exact) mass is 259 g/mol. The number of carbonyl (C=O) groups excluding carboxylic acids is 1. The molecule has 0 atom stereocenters. The molecule has 0 heterocycles. The van der Waals surface area contributed by atoms with Crippen LogP contribution in [0.2, 0.25) is 0 Å². The minimum atomic E-state index is -0.0358. The average Bonchev–Trinajstić information content (AvgIpc) is 2.06. The zero-order valence-electron chi connectivity index (χ0n) is 5.91. The van der Waals surface area contributed by atoms with Gasteiger partial charge in [0.25, 0.3) is 0 Å². The van der Waals surface area contributed by atoms with Gasteiger partial charge in [0.2, 0.25) is 0 Å². The van der Waals surface area contributed by atoms with Gasteiger partial charge < -0.3 is 0 Å². The Morgan fingerprint density at radius 3 is 2.00 bits per heavy atom. The second-order valence-corrected chi connectivity index (χ2v) is 7.91. The average molecular weight is 259 g/mol. The van der Waals surface area contributed by atoms with E-state index in [4.69, 9.17) is 0 Å². The van der Waals surface area contributed by atoms with Crippen LogP contribution in [0.3, 0.4) is 0 Å². The first kappa shape index (κ1) is 5.20. The molecule has 58 valence electrons. The van der Waals surface area contributed by atoms with Crippen molar-refractivity contribution in [2.24, 2.45) is 41.4 Å². The third-order valence-corrected chi connectivity index (χ3v) is 9.08. The van der Waals surface area contributed by atoms with Crippen LogP contribution in [0.5, 0.6) is 0 Å². The zero-order chi connectivity index (χ0) is 6.96. The molecule has 6 saturated carbocycles. The van der Waals surface area contributed by atoms with E-state index in [1.165, 1.54) is 28.0 Å². The topological polar surface area (TPSA) is 17.1 Å². The molecule has 2 heteroatoms. The Kier molecular flexibility index (Phi) is 0.502. The number of rotatable bonds is 2. The van der Waals surface area contributed by atoms with Gasteiger partial charge in [0, 0.05) is 0 Å². The van der Waals surface area contributed by atoms with Crippen LogP contribution in [0.1, 0.15) is 0 Å². The van der Waals surface area contributed by atoms with Crippen LogP contribution in [-0.4, -0.2) is 7.71 Å². The number of hydrogen-bond acceptors (Lipinski definition) is 1. The molecule has 6 rings (SSSR count). The Labute approximate surface area is 75.2 Å². The van der Waals surface area contributed by atoms with E-state index in [2.05, 4.69) is 0 Å². The molecule has 11 heavy (non-hydrogen) atoms. The van der Waals surface area contributed by atoms with Crippen molar-refractivity contribution in [1.29, 1.82) is 0 Å². The van der Waals surface area contributed by atoms with Gasteiger partial charge in [0.05, 0.1) is 0 Å². The van der Waals surface area contributed by atoms with Gasteiger partial charge in [0.1, 0.15) is 0 Å². The molecular formula is C9H8IO-. The van der Waals surface area contributed by atoms with Crippen LogP contribution in [-0.2, 0) is 4.79 Å². The van der Waals surface area contributed by atoms with Crippen molar-refractivity contribution in [1.82, 2.24) is 0 Å². The summed E-state index contributed by atoms with van der Waals surface area (Å²) in [6.45, 7) is 0. The fraction of sp³-hybridized carbons (Fsp3) is 0.889. The minimum absolute atomic E-state index is 0.0358. The molecule has 6 aliphatic carbocycles. The second kappa shape index (κ2) is 1.06. The Hall–Kier alpha value is 0.400. The first-order valence-electron chi connectivity index (χ1n) is 4.51. The van der Waals surface area contributed by atoms with Crippen molar-refractivity contribution < 1.29 is 26.0 Å². The van der Waals surface area contributed by atoms with E-state index in [-0.39, 0.29) is 21.2 Å². The Morgan fingerprint density at radius 1 is 1.00 bits per heavy atom. The summed E-state index contributed by atoms with van der Waals surface area (Å²) in [5.74, 6) is 8.09. The van der Waals surface area contributed by atoms with Gasteiger partial charge in [-0.1, -0.05) is 0 Å². The molecule has 0 amide bonds. The predicted molar refractivity (Wildman–Crippen MR) is 33.9 cm³/mol. The molecule has 0 unspecified atom stereocenters. The third kappa shape index (κ3) is 0.215. The summed E-state index contributed by atoms with van der Waals surface area (Å²) in [6.07, 6.45) is 0. The molecule has 0 radical (unpaired) electrons. The summed E-state index contributed by atoms with van der Waals surface area (Å²) in [4.78, 5) is 10.5. The number of hydrogen-bond donors (Lipinski definition) is 0. The van der Waals surface area contributed by atoms with Gasteiger partial charge in [-0.3, -0.25) is 0 Å². The fourth-order valence-corrected chi connectivity index (χ4v) is 9.76. The molecule has 0 spiro atoms. The van der Waals surface area contributed by atoms with Gasteiger partial charge in [-0.15, -0.1) is 0 Å². The second-order valence-electron chi connectivity index (χ2n) is 4.91. The first-order chi connectivity index (χ1) is 5.43. The van der Waals surface area contributed by atoms with Gasteiger partial charge in [-0.25, -0.2) is 0 Å². The molecule has 1 nitrogen and oxygen atoms in total. The van der Waals surface area contributed by atoms with Crippen molar-refractivity contribution >= 4 is 4.29 Å². The molecule has 0 aromatic rings. The zero-order valence-corrected chi connectivity index (χ0v) is 8.06. The summed E-state index contributed by atoms with van der Waals surface area (Å²) in [6, 6.07) is 0. The quantitative estimate of drug-likeness (QED) is 0.230. The number of carbonyl (C=O) groups is 1. The first-order valence-corrected chi connectivity index (χ1v) is 6.83. The molecule has 0 saturated heterocycles. The van der Waals surface area contributed by atoms with Crippen LogP contribution in [0.4, 0.5) is 0 Å². The molecule has 0 aromatic heterocycles. The molecule has 0 aromatic carbocycles. The summed E-state index contributed by atoms with van der Waals surface area (Å²) in [5.41, 5.74) is 0. The summed E-state index contributed by atoms with van der Waals surface area (Å²) < 4.78 is 2.05. The van der Waals surface area contributed by atoms with E-state index < -0.39 is 0 Å². The summed E-state index contributed by atoms with van der Waals surface area (Å²) in [7, 11) is 0. The summed E-state index contributed by atoms with van der Waals surface area (Å²) in [5, 5.41) is 0. The van der Waals surface area contributed by atoms with Crippen LogP contribution in [0, 0.1) is 41.4 Å². The van der Waals surface area contributed by atoms with E-state index in [0.717, 1.165) is 21.2 Å². The van der Waals surface area contributed by atoms with E-state index in [0.29, 0.717) is 0 Å². The van der Waals surface area contributed by atoms with Crippen LogP contribution in [0.25, 0.3) is 0 Å². The van der Waals surface area contributed by atoms with E-state index in [9.17, 15) is 4.79 Å². The standard InChI is InChI=1S/C9H8IO/c11-1-10-9-6-3-2-4(6)8(9)5(2)7(3)9/h1-8H/q-1. The van der Waals surface area contributed by atoms with Crippen molar-refractivity contribution in [2.45, 2.75) is 3.42 Å². The van der Waals surface area contributed by atoms with Crippen LogP contribution < -0.4 is 21.2 Å². The number of halogens is 1. The van der Waals surface area contributed by atoms with Crippen molar-refractivity contribution in [3.05, 3.63) is 0 Å². The normalized spacial score (nSPS) is 88.5. The molecule has 0 aliphatic heterocycles. The molecule has 0 bridgehead atoms. The van der Waals surface area contributed by atoms with E-state index in [1.54, 1.807) is 0 Å². The van der Waals surface area contributed by atoms with Gasteiger partial charge >= 0.3 is 75.1 Å². The van der Waals surface area contributed by atoms with Gasteiger partial charge in [0.15, 0.2) is 0 Å². The maximum atomic E-state index is 10.5. The van der Waals surface area contributed by atoms with E-state index in [1.807, 2.05) is 0 Å². The third-order valence-electron chi connectivity index (χ3n) is 5.59. The number of alkyl halides is 1. The van der Waals surface area contributed by atoms with Gasteiger partial charge in [-0.05, 0) is 0 Å². The summed E-state index contributed by atoms with van der Waals surface area (Å²) >= 11 is -0.0358. The molecule has 6 fully saturated rings. The molecule has 0 N–H and O–H groups in total. The Morgan fingerprint density at radius 2 is 1.55 bits per heavy atom. The van der Waals surface area contributed by atoms with E-state index >= 15 is 0 Å². The maximum absolute atomic E-state index is 10.5. The predicted octanol–water partition coefficient (Wildman–Crippen LogP) is -2.61. The van der Waals surface area contributed by atoms with Crippen molar-refractivity contribution in [2.75, 3.05) is 0 Å². The van der Waals surface area contributed by atoms with Crippen molar-refractivity contribution in [3.63, 3.8) is 0 Å². The molecule has 6 aliphatic rings. The SMILES string of the molecule is O=C[I-]C12C3C4C5C3C1C5C42.